The first-order valence-electron chi connectivity index (χ1n) is 10.8. The van der Waals surface area contributed by atoms with Gasteiger partial charge < -0.3 is 20.5 Å². The zero-order chi connectivity index (χ0) is 23.4. The van der Waals surface area contributed by atoms with Gasteiger partial charge in [-0.2, -0.15) is 0 Å². The Morgan fingerprint density at radius 3 is 2.48 bits per heavy atom. The molecule has 1 aliphatic rings. The maximum Gasteiger partial charge on any atom is 0.503 e. The highest BCUT2D eigenvalue weighted by atomic mass is 35.5. The molecule has 0 aliphatic heterocycles. The summed E-state index contributed by atoms with van der Waals surface area (Å²) in [6.07, 6.45) is 4.32. The van der Waals surface area contributed by atoms with Crippen LogP contribution in [-0.4, -0.2) is 31.3 Å². The first-order chi connectivity index (χ1) is 15.9. The van der Waals surface area contributed by atoms with Crippen LogP contribution in [0, 0.1) is 0 Å². The van der Waals surface area contributed by atoms with Gasteiger partial charge in [0.15, 0.2) is 0 Å². The van der Waals surface area contributed by atoms with Crippen LogP contribution in [0.3, 0.4) is 0 Å². The average molecular weight is 487 g/mol. The monoisotopic (exact) mass is 486 g/mol. The molecular weight excluding hydrogens is 463 g/mol. The quantitative estimate of drug-likeness (QED) is 0.240. The molecule has 0 radical (unpaired) electrons. The predicted molar refractivity (Wildman–Crippen MR) is 132 cm³/mol. The Morgan fingerprint density at radius 2 is 1.76 bits per heavy atom. The lowest BCUT2D eigenvalue weighted by molar-refractivity contribution is 0.137. The smallest absolute Gasteiger partial charge is 0.450 e. The number of hydrogen-bond acceptors (Lipinski definition) is 4. The van der Waals surface area contributed by atoms with Crippen molar-refractivity contribution in [1.82, 2.24) is 15.0 Å². The number of H-pyrrole nitrogens is 1. The van der Waals surface area contributed by atoms with E-state index >= 15 is 0 Å². The summed E-state index contributed by atoms with van der Waals surface area (Å²) in [5.41, 5.74) is 3.04. The van der Waals surface area contributed by atoms with Gasteiger partial charge in [-0.3, -0.25) is 0 Å². The van der Waals surface area contributed by atoms with Crippen LogP contribution in [0.1, 0.15) is 49.4 Å². The number of anilines is 1. The van der Waals surface area contributed by atoms with Gasteiger partial charge >= 0.3 is 6.16 Å². The van der Waals surface area contributed by atoms with Gasteiger partial charge in [0.1, 0.15) is 17.3 Å². The van der Waals surface area contributed by atoms with Gasteiger partial charge in [0, 0.05) is 23.4 Å². The number of aromatic amines is 1. The SMILES string of the molecule is Clc1ccc(CNc2nc(C3CCCCC3)nc3[nH]c4ccccc4c23)cc1Cl.O=C(O)O. The van der Waals surface area contributed by atoms with Gasteiger partial charge in [0.2, 0.25) is 0 Å². The summed E-state index contributed by atoms with van der Waals surface area (Å²) >= 11 is 12.2. The summed E-state index contributed by atoms with van der Waals surface area (Å²) in [4.78, 5) is 22.0. The van der Waals surface area contributed by atoms with Crippen LogP contribution < -0.4 is 5.32 Å². The molecule has 5 rings (SSSR count). The van der Waals surface area contributed by atoms with Crippen molar-refractivity contribution in [3.63, 3.8) is 0 Å². The van der Waals surface area contributed by atoms with Crippen LogP contribution in [0.4, 0.5) is 10.6 Å². The second kappa shape index (κ2) is 10.3. The minimum atomic E-state index is -1.83. The molecule has 0 amide bonds. The number of nitrogens with one attached hydrogen (secondary N) is 2. The van der Waals surface area contributed by atoms with Crippen LogP contribution in [-0.2, 0) is 6.54 Å². The molecule has 0 atom stereocenters. The first-order valence-corrected chi connectivity index (χ1v) is 11.6. The number of carbonyl (C=O) groups is 1. The van der Waals surface area contributed by atoms with Crippen LogP contribution in [0.5, 0.6) is 0 Å². The largest absolute Gasteiger partial charge is 0.503 e. The Morgan fingerprint density at radius 1 is 1.03 bits per heavy atom. The van der Waals surface area contributed by atoms with Crippen LogP contribution >= 0.6 is 23.2 Å². The molecule has 4 aromatic rings. The van der Waals surface area contributed by atoms with E-state index in [2.05, 4.69) is 22.4 Å². The van der Waals surface area contributed by atoms with Crippen molar-refractivity contribution in [2.45, 2.75) is 44.6 Å². The Labute approximate surface area is 200 Å². The molecule has 2 aromatic heterocycles. The number of rotatable bonds is 4. The van der Waals surface area contributed by atoms with E-state index < -0.39 is 6.16 Å². The highest BCUT2D eigenvalue weighted by Crippen LogP contribution is 2.35. The molecule has 4 N–H and O–H groups in total. The topological polar surface area (TPSA) is 111 Å². The maximum atomic E-state index is 8.56. The molecule has 1 aliphatic carbocycles. The minimum Gasteiger partial charge on any atom is -0.450 e. The third-order valence-corrected chi connectivity index (χ3v) is 6.53. The molecule has 0 bridgehead atoms. The summed E-state index contributed by atoms with van der Waals surface area (Å²) in [5.74, 6) is 2.25. The van der Waals surface area contributed by atoms with Crippen LogP contribution in [0.25, 0.3) is 21.9 Å². The van der Waals surface area contributed by atoms with Gasteiger partial charge in [-0.1, -0.05) is 66.7 Å². The summed E-state index contributed by atoms with van der Waals surface area (Å²) in [6, 6.07) is 14.0. The van der Waals surface area contributed by atoms with Gasteiger partial charge in [-0.25, -0.2) is 14.8 Å². The highest BCUT2D eigenvalue weighted by molar-refractivity contribution is 6.42. The van der Waals surface area contributed by atoms with E-state index in [1.165, 1.54) is 19.3 Å². The summed E-state index contributed by atoms with van der Waals surface area (Å²) in [7, 11) is 0. The van der Waals surface area contributed by atoms with E-state index in [0.29, 0.717) is 22.5 Å². The second-order valence-electron chi connectivity index (χ2n) is 8.04. The maximum absolute atomic E-state index is 8.56. The highest BCUT2D eigenvalue weighted by Gasteiger charge is 2.21. The van der Waals surface area contributed by atoms with E-state index in [9.17, 15) is 0 Å². The summed E-state index contributed by atoms with van der Waals surface area (Å²) < 4.78 is 0. The van der Waals surface area contributed by atoms with Crippen molar-refractivity contribution in [3.8, 4) is 0 Å². The molecule has 172 valence electrons. The number of nitrogens with zero attached hydrogens (tertiary/aromatic N) is 2. The molecule has 9 heteroatoms. The van der Waals surface area contributed by atoms with E-state index in [0.717, 1.165) is 52.0 Å². The second-order valence-corrected chi connectivity index (χ2v) is 8.86. The minimum absolute atomic E-state index is 0.435. The molecule has 0 saturated heterocycles. The third kappa shape index (κ3) is 5.49. The first kappa shape index (κ1) is 23.1. The van der Waals surface area contributed by atoms with Gasteiger partial charge in [-0.05, 0) is 36.6 Å². The number of para-hydroxylation sites is 1. The third-order valence-electron chi connectivity index (χ3n) is 5.79. The lowest BCUT2D eigenvalue weighted by atomic mass is 9.88. The van der Waals surface area contributed by atoms with E-state index in [-0.39, 0.29) is 0 Å². The lowest BCUT2D eigenvalue weighted by Crippen LogP contribution is -2.11. The van der Waals surface area contributed by atoms with Crippen LogP contribution in [0.15, 0.2) is 42.5 Å². The number of benzene rings is 2. The number of carboxylic acid groups (broad SMARTS) is 2. The Balaban J connectivity index is 0.000000601. The number of hydrogen-bond donors (Lipinski definition) is 4. The molecule has 2 heterocycles. The number of halogens is 2. The van der Waals surface area contributed by atoms with Gasteiger partial charge in [0.05, 0.1) is 15.4 Å². The lowest BCUT2D eigenvalue weighted by Gasteiger charge is -2.21. The number of fused-ring (bicyclic) bond motifs is 3. The summed E-state index contributed by atoms with van der Waals surface area (Å²) in [6.45, 7) is 0.618. The number of aromatic nitrogens is 3. The fourth-order valence-electron chi connectivity index (χ4n) is 4.27. The van der Waals surface area contributed by atoms with Crippen molar-refractivity contribution in [2.24, 2.45) is 0 Å². The fourth-order valence-corrected chi connectivity index (χ4v) is 4.59. The van der Waals surface area contributed by atoms with Crippen molar-refractivity contribution in [3.05, 3.63) is 63.9 Å². The zero-order valence-electron chi connectivity index (χ0n) is 17.8. The molecule has 0 spiro atoms. The van der Waals surface area contributed by atoms with Crippen molar-refractivity contribution < 1.29 is 15.0 Å². The molecule has 1 fully saturated rings. The Bertz CT molecular complexity index is 1280. The zero-order valence-corrected chi connectivity index (χ0v) is 19.3. The van der Waals surface area contributed by atoms with Gasteiger partial charge in [-0.15, -0.1) is 0 Å². The molecule has 7 nitrogen and oxygen atoms in total. The normalized spacial score (nSPS) is 14.1. The Kier molecular flexibility index (Phi) is 7.20. The average Bonchev–Trinajstić information content (AvgIpc) is 3.18. The van der Waals surface area contributed by atoms with Crippen molar-refractivity contribution in [1.29, 1.82) is 0 Å². The van der Waals surface area contributed by atoms with E-state index in [1.54, 1.807) is 0 Å². The molecule has 1 saturated carbocycles. The van der Waals surface area contributed by atoms with E-state index in [1.807, 2.05) is 30.3 Å². The molecular formula is C24H24Cl2N4O3. The molecule has 0 unspecified atom stereocenters. The standard InChI is InChI=1S/C23H22Cl2N4.CH2O3/c24-17-11-10-14(12-18(17)25)13-26-22-20-16-8-4-5-9-19(16)27-23(20)29-21(28-22)15-6-2-1-3-7-15;2-1(3)4/h4-5,8-12,15H,1-3,6-7,13H2,(H2,26,27,28,29);(H2,2,3,4). The Hall–Kier alpha value is -3.03. The fraction of sp³-hybridized carbons (Fsp3) is 0.292. The predicted octanol–water partition coefficient (Wildman–Crippen LogP) is 7.30. The molecule has 2 aromatic carbocycles. The van der Waals surface area contributed by atoms with E-state index in [4.69, 9.17) is 48.2 Å². The van der Waals surface area contributed by atoms with Crippen molar-refractivity contribution >= 4 is 57.1 Å². The summed E-state index contributed by atoms with van der Waals surface area (Å²) in [5, 5.41) is 20.8. The molecule has 33 heavy (non-hydrogen) atoms. The van der Waals surface area contributed by atoms with Crippen molar-refractivity contribution in [2.75, 3.05) is 5.32 Å². The van der Waals surface area contributed by atoms with Crippen LogP contribution in [0.2, 0.25) is 10.0 Å². The van der Waals surface area contributed by atoms with Gasteiger partial charge in [0.25, 0.3) is 0 Å².